The smallest absolute Gasteiger partial charge is 0 e. The van der Waals surface area contributed by atoms with Gasteiger partial charge in [-0.25, -0.2) is 0 Å². The fourth-order valence-electron chi connectivity index (χ4n) is 3.21. The summed E-state index contributed by atoms with van der Waals surface area (Å²) < 4.78 is 10.5. The minimum absolute atomic E-state index is 0. The molecule has 0 aliphatic rings. The van der Waals surface area contributed by atoms with Gasteiger partial charge in [0.2, 0.25) is 0 Å². The topological polar surface area (TPSA) is 581 Å². The minimum atomic E-state index is 0. The van der Waals surface area contributed by atoms with Crippen LogP contribution in [0.2, 0.25) is 0 Å². The number of hydrogen-bond acceptors (Lipinski definition) is 1. The third-order valence-electron chi connectivity index (χ3n) is 4.94. The summed E-state index contributed by atoms with van der Waals surface area (Å²) in [5, 5.41) is 0. The van der Waals surface area contributed by atoms with Crippen molar-refractivity contribution in [2.75, 3.05) is 6.61 Å². The van der Waals surface area contributed by atoms with Gasteiger partial charge in [-0.1, -0.05) is 20.8 Å². The molecule has 55 heavy (non-hydrogen) atoms. The van der Waals surface area contributed by atoms with Crippen LogP contribution in [0.15, 0.2) is 24.3 Å². The number of rotatable bonds is 4. The third-order valence-corrected chi connectivity index (χ3v) is 5.39. The van der Waals surface area contributed by atoms with Crippen LogP contribution < -0.4 is 4.74 Å². The molecule has 2 rings (SSSR count). The maximum atomic E-state index is 5.97. The van der Waals surface area contributed by atoms with Crippen molar-refractivity contribution in [1.29, 1.82) is 0 Å². The van der Waals surface area contributed by atoms with Crippen LogP contribution in [0.1, 0.15) is 93.7 Å². The molecule has 26 heteroatoms. The summed E-state index contributed by atoms with van der Waals surface area (Å²) in [4.78, 5) is 0. The van der Waals surface area contributed by atoms with Crippen LogP contribution in [-0.2, 0) is 125 Å². The molecular weight excluding hydrogens is 1240 g/mol. The van der Waals surface area contributed by atoms with Crippen molar-refractivity contribution in [2.24, 2.45) is 5.41 Å². The van der Waals surface area contributed by atoms with Crippen molar-refractivity contribution in [2.45, 2.75) is 60.3 Å². The largest absolute Gasteiger partial charge is 0.412 e. The molecule has 2 aromatic rings. The number of hydrogen-bond donors (Lipinski definition) is 0. The molecule has 0 saturated carbocycles. The molecule has 0 amide bonds. The molecular formula is C29H67Mo6NO19+. The second-order valence-electron chi connectivity index (χ2n) is 9.69. The van der Waals surface area contributed by atoms with E-state index < -0.39 is 0 Å². The van der Waals surface area contributed by atoms with Crippen molar-refractivity contribution in [3.63, 3.8) is 0 Å². The number of terminal acetylenes is 2. The van der Waals surface area contributed by atoms with Crippen molar-refractivity contribution in [1.82, 2.24) is 0 Å². The molecule has 0 aliphatic heterocycles. The van der Waals surface area contributed by atoms with Crippen LogP contribution in [0.4, 0.5) is 5.69 Å². The number of nitrogens with zero attached hydrogens (tertiary/aromatic N) is 1. The van der Waals surface area contributed by atoms with Crippen LogP contribution in [0.3, 0.4) is 0 Å². The Morgan fingerprint density at radius 3 is 1.13 bits per heavy atom. The summed E-state index contributed by atoms with van der Waals surface area (Å²) in [6.45, 7) is 15.6. The zero-order valence-corrected chi connectivity index (χ0v) is 43.2. The Bertz CT molecular complexity index is 1230. The summed E-state index contributed by atoms with van der Waals surface area (Å²) in [7, 11) is 0. The van der Waals surface area contributed by atoms with Crippen LogP contribution >= 0.6 is 0 Å². The Balaban J connectivity index is -0.0000000237. The van der Waals surface area contributed by atoms with Crippen LogP contribution in [0.25, 0.3) is 3.31 Å². The van der Waals surface area contributed by atoms with E-state index in [2.05, 4.69) is 87.6 Å². The van der Waals surface area contributed by atoms with E-state index >= 15 is 0 Å². The molecule has 0 aliphatic carbocycles. The Morgan fingerprint density at radius 1 is 0.545 bits per heavy atom. The van der Waals surface area contributed by atoms with Gasteiger partial charge in [-0.2, -0.15) is 0 Å². The average Bonchev–Trinajstić information content (AvgIpc) is 2.74. The first-order valence-corrected chi connectivity index (χ1v) is 11.7. The SMILES string of the molecule is C#Cc1cc(OCC(C)(C)C)c(C#C)cc1C#Cc1cc(C(C)C)c([N+]#[Mo])c(C(C)C)c1.O.O.O.O.O.O.O.O.O.O.O.O.O.O.O.O.O.O.[Mo].[Mo].[Mo].[Mo].[Mo]. The second-order valence-corrected chi connectivity index (χ2v) is 10.1. The van der Waals surface area contributed by atoms with E-state index in [1.807, 2.05) is 12.1 Å². The minimum Gasteiger partial charge on any atom is -0.412 e. The van der Waals surface area contributed by atoms with Gasteiger partial charge in [0, 0.05) is 105 Å². The van der Waals surface area contributed by atoms with E-state index in [0.717, 1.165) is 16.8 Å². The second kappa shape index (κ2) is 68.7. The monoisotopic (exact) mass is 1320 g/mol. The van der Waals surface area contributed by atoms with Gasteiger partial charge < -0.3 is 98.6 Å². The van der Waals surface area contributed by atoms with Crippen molar-refractivity contribution < 1.29 is 228 Å². The predicted molar refractivity (Wildman–Crippen MR) is 196 cm³/mol. The molecule has 337 valence electrons. The molecule has 2 aromatic carbocycles. The Morgan fingerprint density at radius 2 is 0.873 bits per heavy atom. The van der Waals surface area contributed by atoms with E-state index in [0.29, 0.717) is 35.3 Å². The Kier molecular flexibility index (Phi) is 184. The van der Waals surface area contributed by atoms with Gasteiger partial charge in [0.1, 0.15) is 0 Å². The van der Waals surface area contributed by atoms with Gasteiger partial charge in [0.05, 0.1) is 6.61 Å². The maximum absolute atomic E-state index is 5.97. The molecule has 0 heterocycles. The summed E-state index contributed by atoms with van der Waals surface area (Å²) >= 11 is 1.77. The molecule has 0 saturated heterocycles. The molecule has 0 radical (unpaired) electrons. The van der Waals surface area contributed by atoms with Crippen LogP contribution in [0, 0.1) is 41.9 Å². The van der Waals surface area contributed by atoms with E-state index in [4.69, 9.17) is 17.6 Å². The van der Waals surface area contributed by atoms with Crippen molar-refractivity contribution in [3.8, 4) is 42.3 Å². The third kappa shape index (κ3) is 45.0. The molecule has 36 N–H and O–H groups in total. The van der Waals surface area contributed by atoms with E-state index in [9.17, 15) is 0 Å². The Labute approximate surface area is 405 Å². The van der Waals surface area contributed by atoms with Gasteiger partial charge >= 0.3 is 173 Å². The zero-order chi connectivity index (χ0) is 24.1. The fourth-order valence-corrected chi connectivity index (χ4v) is 3.72. The molecule has 20 nitrogen and oxygen atoms in total. The summed E-state index contributed by atoms with van der Waals surface area (Å²) in [6.07, 6.45) is 11.5. The first-order valence-electron chi connectivity index (χ1n) is 10.8. The summed E-state index contributed by atoms with van der Waals surface area (Å²) in [5.74, 6) is 13.3. The molecule has 0 spiro atoms. The predicted octanol–water partition coefficient (Wildman–Crippen LogP) is -7.67. The first kappa shape index (κ1) is 147. The average molecular weight is 1310 g/mol. The first-order chi connectivity index (χ1) is 15.0. The molecule has 0 bridgehead atoms. The van der Waals surface area contributed by atoms with Gasteiger partial charge in [0.25, 0.3) is 0 Å². The maximum Gasteiger partial charge on any atom is 0 e. The molecule has 0 atom stereocenters. The van der Waals surface area contributed by atoms with Crippen LogP contribution in [-0.4, -0.2) is 105 Å². The zero-order valence-electron chi connectivity index (χ0n) is 31.1. The molecule has 0 unspecified atom stereocenters. The fraction of sp³-hybridized carbons (Fsp3) is 0.379. The van der Waals surface area contributed by atoms with Crippen molar-refractivity contribution in [3.05, 3.63) is 61.0 Å². The van der Waals surface area contributed by atoms with Crippen LogP contribution in [0.5, 0.6) is 5.75 Å². The normalized spacial score (nSPS) is 6.22. The van der Waals surface area contributed by atoms with E-state index in [1.54, 1.807) is 19.4 Å². The van der Waals surface area contributed by atoms with Gasteiger partial charge in [-0.15, -0.1) is 0 Å². The van der Waals surface area contributed by atoms with Gasteiger partial charge in [-0.3, -0.25) is 0 Å². The number of benzene rings is 2. The van der Waals surface area contributed by atoms with E-state index in [-0.39, 0.29) is 209 Å². The summed E-state index contributed by atoms with van der Waals surface area (Å²) in [5.41, 5.74) is 6.51. The van der Waals surface area contributed by atoms with Gasteiger partial charge in [0.15, 0.2) is 0 Å². The quantitative estimate of drug-likeness (QED) is 0.209. The molecule has 0 fully saturated rings. The van der Waals surface area contributed by atoms with Gasteiger partial charge in [-0.05, 0) is 5.41 Å². The summed E-state index contributed by atoms with van der Waals surface area (Å²) in [6, 6.07) is 7.93. The van der Waals surface area contributed by atoms with Crippen molar-refractivity contribution >= 4 is 5.69 Å². The Hall–Kier alpha value is 0.0399. The molecule has 0 aromatic heterocycles. The van der Waals surface area contributed by atoms with E-state index in [1.165, 1.54) is 11.1 Å². The standard InChI is InChI=1S/C29H31NO.6Mo.18H2O/c1-10-22-17-27(31-18-29(7,8)9)23(11-2)16-24(22)13-12-21-14-25(19(3)4)28(30)26(15-21)20(5)6;;;;;;;;;;;;;;;;;;;;;;;;/h1-2,14-17,19-20H,18H2,3-9H3;;;;;;;18*1H2/q+1;;;;;;;;;;;;;;;;;;;;;;;;. The number of ether oxygens (including phenoxy) is 1.